The highest BCUT2D eigenvalue weighted by Crippen LogP contribution is 2.28. The average molecular weight is 187 g/mol. The van der Waals surface area contributed by atoms with Crippen molar-refractivity contribution < 1.29 is 5.11 Å². The van der Waals surface area contributed by atoms with Crippen molar-refractivity contribution in [1.29, 1.82) is 0 Å². The van der Waals surface area contributed by atoms with Gasteiger partial charge in [0.05, 0.1) is 0 Å². The maximum absolute atomic E-state index is 9.62. The molecule has 14 heavy (non-hydrogen) atoms. The Balaban J connectivity index is 2.88. The highest BCUT2D eigenvalue weighted by Gasteiger charge is 2.05. The topological polar surface area (TPSA) is 46.2 Å². The van der Waals surface area contributed by atoms with Crippen molar-refractivity contribution in [3.63, 3.8) is 0 Å². The number of phenols is 1. The SMILES string of the molecule is Cc1cccc2c(CN)c(O)ccc12. The molecule has 0 spiro atoms. The molecule has 0 aliphatic rings. The first-order chi connectivity index (χ1) is 6.74. The normalized spacial score (nSPS) is 10.7. The molecule has 0 fully saturated rings. The first-order valence-corrected chi connectivity index (χ1v) is 4.64. The molecule has 0 aromatic heterocycles. The van der Waals surface area contributed by atoms with Crippen LogP contribution in [0.3, 0.4) is 0 Å². The zero-order valence-electron chi connectivity index (χ0n) is 8.12. The molecule has 0 aliphatic carbocycles. The third-order valence-corrected chi connectivity index (χ3v) is 2.57. The summed E-state index contributed by atoms with van der Waals surface area (Å²) < 4.78 is 0. The first kappa shape index (κ1) is 9.03. The van der Waals surface area contributed by atoms with Gasteiger partial charge in [-0.25, -0.2) is 0 Å². The first-order valence-electron chi connectivity index (χ1n) is 4.64. The zero-order chi connectivity index (χ0) is 10.1. The Hall–Kier alpha value is -1.54. The summed E-state index contributed by atoms with van der Waals surface area (Å²) in [6.07, 6.45) is 0. The van der Waals surface area contributed by atoms with Gasteiger partial charge in [-0.1, -0.05) is 24.3 Å². The number of hydrogen-bond acceptors (Lipinski definition) is 2. The zero-order valence-corrected chi connectivity index (χ0v) is 8.12. The smallest absolute Gasteiger partial charge is 0.120 e. The summed E-state index contributed by atoms with van der Waals surface area (Å²) in [5, 5.41) is 11.8. The Bertz CT molecular complexity index is 477. The van der Waals surface area contributed by atoms with Gasteiger partial charge in [0.25, 0.3) is 0 Å². The minimum atomic E-state index is 0.283. The van der Waals surface area contributed by atoms with Crippen LogP contribution in [0, 0.1) is 6.92 Å². The van der Waals surface area contributed by atoms with Crippen LogP contribution in [0.4, 0.5) is 0 Å². The van der Waals surface area contributed by atoms with Crippen LogP contribution in [0.2, 0.25) is 0 Å². The molecule has 0 saturated heterocycles. The molecule has 72 valence electrons. The van der Waals surface area contributed by atoms with Crippen molar-refractivity contribution in [2.45, 2.75) is 13.5 Å². The van der Waals surface area contributed by atoms with Gasteiger partial charge in [0, 0.05) is 12.1 Å². The number of aromatic hydroxyl groups is 1. The Morgan fingerprint density at radius 3 is 2.64 bits per heavy atom. The van der Waals surface area contributed by atoms with E-state index >= 15 is 0 Å². The largest absolute Gasteiger partial charge is 0.508 e. The molecule has 2 aromatic carbocycles. The second-order valence-electron chi connectivity index (χ2n) is 3.44. The molecule has 0 saturated carbocycles. The lowest BCUT2D eigenvalue weighted by Gasteiger charge is -2.08. The van der Waals surface area contributed by atoms with Gasteiger partial charge in [0.1, 0.15) is 5.75 Å². The summed E-state index contributed by atoms with van der Waals surface area (Å²) >= 11 is 0. The summed E-state index contributed by atoms with van der Waals surface area (Å²) in [5.74, 6) is 0.283. The quantitative estimate of drug-likeness (QED) is 0.719. The molecule has 2 nitrogen and oxygen atoms in total. The maximum Gasteiger partial charge on any atom is 0.120 e. The maximum atomic E-state index is 9.62. The van der Waals surface area contributed by atoms with Gasteiger partial charge in [0.2, 0.25) is 0 Å². The number of nitrogens with two attached hydrogens (primary N) is 1. The van der Waals surface area contributed by atoms with E-state index in [2.05, 4.69) is 13.0 Å². The molecule has 2 aromatic rings. The number of hydrogen-bond donors (Lipinski definition) is 2. The van der Waals surface area contributed by atoms with E-state index in [0.717, 1.165) is 16.3 Å². The fraction of sp³-hybridized carbons (Fsp3) is 0.167. The lowest BCUT2D eigenvalue weighted by atomic mass is 10.00. The van der Waals surface area contributed by atoms with Crippen molar-refractivity contribution in [3.05, 3.63) is 41.5 Å². The number of benzene rings is 2. The van der Waals surface area contributed by atoms with Crippen LogP contribution in [-0.2, 0) is 6.54 Å². The fourth-order valence-electron chi connectivity index (χ4n) is 1.78. The summed E-state index contributed by atoms with van der Waals surface area (Å²) in [7, 11) is 0. The highest BCUT2D eigenvalue weighted by molar-refractivity contribution is 5.90. The number of phenolic OH excluding ortho intramolecular Hbond substituents is 1. The summed E-state index contributed by atoms with van der Waals surface area (Å²) in [5.41, 5.74) is 7.64. The summed E-state index contributed by atoms with van der Waals surface area (Å²) in [6, 6.07) is 9.66. The Labute approximate surface area is 83.0 Å². The molecular weight excluding hydrogens is 174 g/mol. The predicted octanol–water partition coefficient (Wildman–Crippen LogP) is 2.31. The molecule has 0 atom stereocenters. The third-order valence-electron chi connectivity index (χ3n) is 2.57. The molecule has 0 amide bonds. The van der Waals surface area contributed by atoms with Gasteiger partial charge in [0.15, 0.2) is 0 Å². The highest BCUT2D eigenvalue weighted by atomic mass is 16.3. The van der Waals surface area contributed by atoms with Gasteiger partial charge in [-0.05, 0) is 29.3 Å². The molecule has 3 N–H and O–H groups in total. The lowest BCUT2D eigenvalue weighted by Crippen LogP contribution is -1.98. The molecule has 0 radical (unpaired) electrons. The molecule has 0 bridgehead atoms. The minimum absolute atomic E-state index is 0.283. The summed E-state index contributed by atoms with van der Waals surface area (Å²) in [6.45, 7) is 2.42. The van der Waals surface area contributed by atoms with Crippen LogP contribution in [0.1, 0.15) is 11.1 Å². The van der Waals surface area contributed by atoms with Gasteiger partial charge < -0.3 is 10.8 Å². The van der Waals surface area contributed by atoms with Gasteiger partial charge in [-0.15, -0.1) is 0 Å². The van der Waals surface area contributed by atoms with Crippen molar-refractivity contribution in [3.8, 4) is 5.75 Å². The fourth-order valence-corrected chi connectivity index (χ4v) is 1.78. The Morgan fingerprint density at radius 1 is 1.14 bits per heavy atom. The van der Waals surface area contributed by atoms with E-state index in [1.165, 1.54) is 5.56 Å². The molecule has 2 heteroatoms. The van der Waals surface area contributed by atoms with Crippen molar-refractivity contribution in [2.24, 2.45) is 5.73 Å². The second-order valence-corrected chi connectivity index (χ2v) is 3.44. The Kier molecular flexibility index (Phi) is 2.14. The minimum Gasteiger partial charge on any atom is -0.508 e. The van der Waals surface area contributed by atoms with E-state index in [-0.39, 0.29) is 5.75 Å². The van der Waals surface area contributed by atoms with E-state index in [1.54, 1.807) is 6.07 Å². The summed E-state index contributed by atoms with van der Waals surface area (Å²) in [4.78, 5) is 0. The molecule has 2 rings (SSSR count). The van der Waals surface area contributed by atoms with E-state index in [9.17, 15) is 5.11 Å². The van der Waals surface area contributed by atoms with Crippen LogP contribution in [0.25, 0.3) is 10.8 Å². The molecular formula is C12H13NO. The lowest BCUT2D eigenvalue weighted by molar-refractivity contribution is 0.469. The van der Waals surface area contributed by atoms with Crippen LogP contribution in [0.5, 0.6) is 5.75 Å². The number of aryl methyl sites for hydroxylation is 1. The van der Waals surface area contributed by atoms with E-state index in [1.807, 2.05) is 18.2 Å². The Morgan fingerprint density at radius 2 is 1.93 bits per heavy atom. The average Bonchev–Trinajstić information content (AvgIpc) is 2.18. The molecule has 0 heterocycles. The van der Waals surface area contributed by atoms with E-state index < -0.39 is 0 Å². The monoisotopic (exact) mass is 187 g/mol. The van der Waals surface area contributed by atoms with Crippen LogP contribution in [0.15, 0.2) is 30.3 Å². The van der Waals surface area contributed by atoms with E-state index in [0.29, 0.717) is 6.54 Å². The van der Waals surface area contributed by atoms with Gasteiger partial charge >= 0.3 is 0 Å². The van der Waals surface area contributed by atoms with Crippen LogP contribution >= 0.6 is 0 Å². The van der Waals surface area contributed by atoms with E-state index in [4.69, 9.17) is 5.73 Å². The van der Waals surface area contributed by atoms with Gasteiger partial charge in [-0.2, -0.15) is 0 Å². The number of fused-ring (bicyclic) bond motifs is 1. The van der Waals surface area contributed by atoms with Crippen LogP contribution in [-0.4, -0.2) is 5.11 Å². The number of rotatable bonds is 1. The van der Waals surface area contributed by atoms with Crippen molar-refractivity contribution in [2.75, 3.05) is 0 Å². The second kappa shape index (κ2) is 3.31. The standard InChI is InChI=1S/C12H13NO/c1-8-3-2-4-10-9(8)5-6-12(14)11(10)7-13/h2-6,14H,7,13H2,1H3. The van der Waals surface area contributed by atoms with Crippen molar-refractivity contribution >= 4 is 10.8 Å². The third kappa shape index (κ3) is 1.24. The molecule has 0 aliphatic heterocycles. The molecule has 0 unspecified atom stereocenters. The van der Waals surface area contributed by atoms with Gasteiger partial charge in [-0.3, -0.25) is 0 Å². The predicted molar refractivity (Wildman–Crippen MR) is 58.2 cm³/mol. The van der Waals surface area contributed by atoms with Crippen molar-refractivity contribution in [1.82, 2.24) is 0 Å². The van der Waals surface area contributed by atoms with Crippen LogP contribution < -0.4 is 5.73 Å².